The summed E-state index contributed by atoms with van der Waals surface area (Å²) in [5, 5.41) is 0. The van der Waals surface area contributed by atoms with E-state index >= 15 is 0 Å². The van der Waals surface area contributed by atoms with Gasteiger partial charge in [-0.3, -0.25) is 4.90 Å². The lowest BCUT2D eigenvalue weighted by atomic mass is 10.2. The number of hydrogen-bond acceptors (Lipinski definition) is 4. The molecule has 0 aliphatic carbocycles. The molecular weight excluding hydrogens is 366 g/mol. The minimum atomic E-state index is 0.662. The van der Waals surface area contributed by atoms with Crippen LogP contribution in [0.4, 0.5) is 5.69 Å². The van der Waals surface area contributed by atoms with Gasteiger partial charge in [-0.15, -0.1) is 0 Å². The molecule has 3 rings (SSSR count). The van der Waals surface area contributed by atoms with Crippen LogP contribution in [0.3, 0.4) is 0 Å². The second-order valence-corrected chi connectivity index (χ2v) is 6.72. The molecule has 2 aromatic rings. The number of aromatic nitrogens is 1. The van der Waals surface area contributed by atoms with Crippen LogP contribution >= 0.6 is 15.9 Å². The summed E-state index contributed by atoms with van der Waals surface area (Å²) in [5.41, 5.74) is 2.40. The normalized spacial score (nSPS) is 15.8. The Morgan fingerprint density at radius 3 is 2.46 bits per heavy atom. The first kappa shape index (κ1) is 17.0. The molecule has 0 spiro atoms. The van der Waals surface area contributed by atoms with E-state index in [0.717, 1.165) is 37.2 Å². The Morgan fingerprint density at radius 1 is 1.08 bits per heavy atom. The monoisotopic (exact) mass is 387 g/mol. The Kier molecular flexibility index (Phi) is 5.88. The first-order chi connectivity index (χ1) is 11.7. The Balaban J connectivity index is 1.47. The van der Waals surface area contributed by atoms with E-state index in [1.54, 1.807) is 7.11 Å². The number of nitrogens with zero attached hydrogens (tertiary/aromatic N) is 3. The van der Waals surface area contributed by atoms with E-state index in [1.807, 2.05) is 12.3 Å². The molecule has 0 saturated carbocycles. The smallest absolute Gasteiger partial charge is 0.213 e. The van der Waals surface area contributed by atoms with Gasteiger partial charge in [0.1, 0.15) is 0 Å². The van der Waals surface area contributed by atoms with Crippen LogP contribution in [0.5, 0.6) is 5.88 Å². The Labute approximate surface area is 151 Å². The largest absolute Gasteiger partial charge is 0.481 e. The maximum Gasteiger partial charge on any atom is 0.213 e. The highest BCUT2D eigenvalue weighted by Gasteiger charge is 2.16. The predicted octanol–water partition coefficient (Wildman–Crippen LogP) is 3.69. The third kappa shape index (κ3) is 4.58. The number of piperazine rings is 1. The molecule has 4 nitrogen and oxygen atoms in total. The van der Waals surface area contributed by atoms with Gasteiger partial charge in [0.15, 0.2) is 0 Å². The Morgan fingerprint density at radius 2 is 1.83 bits per heavy atom. The average Bonchev–Trinajstić information content (AvgIpc) is 2.64. The fourth-order valence-electron chi connectivity index (χ4n) is 2.78. The Hall–Kier alpha value is -1.85. The van der Waals surface area contributed by atoms with Crippen LogP contribution < -0.4 is 9.64 Å². The van der Waals surface area contributed by atoms with Crippen molar-refractivity contribution in [2.45, 2.75) is 0 Å². The summed E-state index contributed by atoms with van der Waals surface area (Å²) in [6.45, 7) is 5.18. The molecule has 24 heavy (non-hydrogen) atoms. The van der Waals surface area contributed by atoms with Crippen LogP contribution in [-0.2, 0) is 0 Å². The highest BCUT2D eigenvalue weighted by atomic mass is 79.9. The van der Waals surface area contributed by atoms with Crippen LogP contribution in [0.2, 0.25) is 0 Å². The van der Waals surface area contributed by atoms with Crippen molar-refractivity contribution in [3.05, 3.63) is 58.7 Å². The van der Waals surface area contributed by atoms with E-state index < -0.39 is 0 Å². The summed E-state index contributed by atoms with van der Waals surface area (Å²) in [5.74, 6) is 0.662. The van der Waals surface area contributed by atoms with Crippen molar-refractivity contribution in [1.82, 2.24) is 9.88 Å². The minimum Gasteiger partial charge on any atom is -0.481 e. The number of halogens is 1. The molecule has 0 unspecified atom stereocenters. The molecule has 2 heterocycles. The van der Waals surface area contributed by atoms with Gasteiger partial charge in [-0.2, -0.15) is 0 Å². The molecule has 1 saturated heterocycles. The highest BCUT2D eigenvalue weighted by Crippen LogP contribution is 2.18. The van der Waals surface area contributed by atoms with Crippen LogP contribution in [0.15, 0.2) is 53.1 Å². The SMILES string of the molecule is COc1ccc(N2CCN(C/C=C/c3ccc(Br)cc3)CC2)cn1. The van der Waals surface area contributed by atoms with Crippen molar-refractivity contribution in [3.63, 3.8) is 0 Å². The van der Waals surface area contributed by atoms with Gasteiger partial charge in [-0.1, -0.05) is 40.2 Å². The van der Waals surface area contributed by atoms with Crippen molar-refractivity contribution < 1.29 is 4.74 Å². The number of pyridine rings is 1. The first-order valence-electron chi connectivity index (χ1n) is 8.14. The number of hydrogen-bond donors (Lipinski definition) is 0. The third-order valence-corrected chi connectivity index (χ3v) is 4.74. The standard InChI is InChI=1S/C19H22BrN3O/c1-24-19-9-8-18(15-21-19)23-13-11-22(12-14-23)10-2-3-16-4-6-17(20)7-5-16/h2-9,15H,10-14H2,1H3/b3-2+. The van der Waals surface area contributed by atoms with Gasteiger partial charge in [0.05, 0.1) is 19.0 Å². The van der Waals surface area contributed by atoms with Crippen molar-refractivity contribution >= 4 is 27.7 Å². The molecule has 1 aliphatic rings. The lowest BCUT2D eigenvalue weighted by molar-refractivity contribution is 0.284. The van der Waals surface area contributed by atoms with Gasteiger partial charge in [0.2, 0.25) is 5.88 Å². The molecule has 5 heteroatoms. The molecule has 1 aromatic carbocycles. The third-order valence-electron chi connectivity index (χ3n) is 4.21. The van der Waals surface area contributed by atoms with E-state index in [1.165, 1.54) is 11.3 Å². The lowest BCUT2D eigenvalue weighted by Gasteiger charge is -2.35. The van der Waals surface area contributed by atoms with Crippen molar-refractivity contribution in [3.8, 4) is 5.88 Å². The molecular formula is C19H22BrN3O. The summed E-state index contributed by atoms with van der Waals surface area (Å²) in [6.07, 6.45) is 6.32. The second-order valence-electron chi connectivity index (χ2n) is 5.80. The summed E-state index contributed by atoms with van der Waals surface area (Å²) in [7, 11) is 1.64. The molecule has 0 N–H and O–H groups in total. The topological polar surface area (TPSA) is 28.6 Å². The number of benzene rings is 1. The van der Waals surface area contributed by atoms with Crippen LogP contribution in [-0.4, -0.2) is 49.7 Å². The van der Waals surface area contributed by atoms with Gasteiger partial charge >= 0.3 is 0 Å². The molecule has 126 valence electrons. The van der Waals surface area contributed by atoms with E-state index in [9.17, 15) is 0 Å². The fraction of sp³-hybridized carbons (Fsp3) is 0.316. The average molecular weight is 388 g/mol. The van der Waals surface area contributed by atoms with E-state index in [2.05, 4.69) is 73.2 Å². The molecule has 0 bridgehead atoms. The van der Waals surface area contributed by atoms with Gasteiger partial charge < -0.3 is 9.64 Å². The number of anilines is 1. The molecule has 1 aromatic heterocycles. The zero-order valence-electron chi connectivity index (χ0n) is 13.9. The second kappa shape index (κ2) is 8.31. The lowest BCUT2D eigenvalue weighted by Crippen LogP contribution is -2.46. The molecule has 0 radical (unpaired) electrons. The van der Waals surface area contributed by atoms with Crippen molar-refractivity contribution in [2.24, 2.45) is 0 Å². The quantitative estimate of drug-likeness (QED) is 0.781. The first-order valence-corrected chi connectivity index (χ1v) is 8.93. The number of methoxy groups -OCH3 is 1. The van der Waals surface area contributed by atoms with Gasteiger partial charge in [-0.05, 0) is 23.8 Å². The maximum atomic E-state index is 5.11. The summed E-state index contributed by atoms with van der Waals surface area (Å²) < 4.78 is 6.23. The minimum absolute atomic E-state index is 0.662. The van der Waals surface area contributed by atoms with Crippen LogP contribution in [0, 0.1) is 0 Å². The summed E-state index contributed by atoms with van der Waals surface area (Å²) in [6, 6.07) is 12.4. The van der Waals surface area contributed by atoms with Crippen molar-refractivity contribution in [2.75, 3.05) is 44.7 Å². The van der Waals surface area contributed by atoms with Crippen molar-refractivity contribution in [1.29, 1.82) is 0 Å². The van der Waals surface area contributed by atoms with Crippen LogP contribution in [0.1, 0.15) is 5.56 Å². The van der Waals surface area contributed by atoms with Gasteiger partial charge in [-0.25, -0.2) is 4.98 Å². The molecule has 1 fully saturated rings. The molecule has 0 atom stereocenters. The zero-order chi connectivity index (χ0) is 16.8. The maximum absolute atomic E-state index is 5.11. The summed E-state index contributed by atoms with van der Waals surface area (Å²) in [4.78, 5) is 9.14. The van der Waals surface area contributed by atoms with Gasteiger partial charge in [0.25, 0.3) is 0 Å². The summed E-state index contributed by atoms with van der Waals surface area (Å²) >= 11 is 3.46. The van der Waals surface area contributed by atoms with E-state index in [0.29, 0.717) is 5.88 Å². The van der Waals surface area contributed by atoms with E-state index in [4.69, 9.17) is 4.74 Å². The van der Waals surface area contributed by atoms with Gasteiger partial charge in [0, 0.05) is 43.3 Å². The zero-order valence-corrected chi connectivity index (χ0v) is 15.4. The van der Waals surface area contributed by atoms with E-state index in [-0.39, 0.29) is 0 Å². The fourth-order valence-corrected chi connectivity index (χ4v) is 3.05. The number of rotatable bonds is 5. The molecule has 0 amide bonds. The van der Waals surface area contributed by atoms with Crippen LogP contribution in [0.25, 0.3) is 6.08 Å². The molecule has 1 aliphatic heterocycles. The Bertz CT molecular complexity index is 662. The number of ether oxygens (including phenoxy) is 1. The highest BCUT2D eigenvalue weighted by molar-refractivity contribution is 9.10. The predicted molar refractivity (Wildman–Crippen MR) is 103 cm³/mol.